The fraction of sp³-hybridized carbons (Fsp3) is 0.545. The first-order chi connectivity index (χ1) is 7.73. The molecule has 1 aromatic rings. The normalized spacial score (nSPS) is 11.3. The number of carboxylic acid groups (broad SMARTS) is 1. The molecular weight excluding hydrogens is 222 g/mol. The Kier molecular flexibility index (Phi) is 3.55. The number of hydrogen-bond donors (Lipinski definition) is 2. The van der Waals surface area contributed by atoms with E-state index in [0.717, 1.165) is 5.69 Å². The van der Waals surface area contributed by atoms with Crippen LogP contribution in [0.25, 0.3) is 0 Å². The van der Waals surface area contributed by atoms with Gasteiger partial charge in [0, 0.05) is 18.3 Å². The molecule has 1 rings (SSSR count). The molecule has 0 unspecified atom stereocenters. The summed E-state index contributed by atoms with van der Waals surface area (Å²) in [6.45, 7) is 5.13. The van der Waals surface area contributed by atoms with Gasteiger partial charge >= 0.3 is 5.97 Å². The molecule has 1 amide bonds. The van der Waals surface area contributed by atoms with Crippen molar-refractivity contribution in [3.63, 3.8) is 0 Å². The molecule has 0 aliphatic rings. The van der Waals surface area contributed by atoms with E-state index in [4.69, 9.17) is 5.11 Å². The van der Waals surface area contributed by atoms with Gasteiger partial charge < -0.3 is 10.4 Å². The molecule has 0 bridgehead atoms. The molecule has 6 nitrogen and oxygen atoms in total. The van der Waals surface area contributed by atoms with Gasteiger partial charge in [-0.2, -0.15) is 5.10 Å². The molecule has 94 valence electrons. The second-order valence-electron chi connectivity index (χ2n) is 4.68. The first-order valence-electron chi connectivity index (χ1n) is 5.26. The van der Waals surface area contributed by atoms with E-state index in [2.05, 4.69) is 10.4 Å². The zero-order valence-corrected chi connectivity index (χ0v) is 10.4. The number of carbonyl (C=O) groups excluding carboxylic acids is 1. The molecule has 6 heteroatoms. The summed E-state index contributed by atoms with van der Waals surface area (Å²) in [6, 6.07) is 0. The number of amides is 1. The molecule has 0 atom stereocenters. The Balaban J connectivity index is 2.79. The van der Waals surface area contributed by atoms with E-state index < -0.39 is 11.5 Å². The highest BCUT2D eigenvalue weighted by Gasteiger charge is 2.25. The second kappa shape index (κ2) is 4.57. The lowest BCUT2D eigenvalue weighted by atomic mass is 10.0. The molecule has 1 aromatic heterocycles. The van der Waals surface area contributed by atoms with E-state index >= 15 is 0 Å². The number of nitrogens with one attached hydrogen (secondary N) is 1. The zero-order valence-electron chi connectivity index (χ0n) is 10.4. The number of aryl methyl sites for hydroxylation is 1. The van der Waals surface area contributed by atoms with Crippen LogP contribution in [0, 0.1) is 6.92 Å². The summed E-state index contributed by atoms with van der Waals surface area (Å²) in [5, 5.41) is 15.4. The molecule has 17 heavy (non-hydrogen) atoms. The molecule has 0 spiro atoms. The first-order valence-corrected chi connectivity index (χ1v) is 5.26. The third kappa shape index (κ3) is 3.30. The van der Waals surface area contributed by atoms with Crippen LogP contribution < -0.4 is 5.32 Å². The Morgan fingerprint density at radius 2 is 2.12 bits per heavy atom. The Bertz CT molecular complexity index is 449. The van der Waals surface area contributed by atoms with E-state index in [1.165, 1.54) is 6.20 Å². The fourth-order valence-corrected chi connectivity index (χ4v) is 1.52. The van der Waals surface area contributed by atoms with Gasteiger partial charge in [-0.25, -0.2) is 0 Å². The minimum Gasteiger partial charge on any atom is -0.481 e. The van der Waals surface area contributed by atoms with E-state index in [9.17, 15) is 9.59 Å². The number of aromatic nitrogens is 2. The van der Waals surface area contributed by atoms with Gasteiger partial charge in [0.05, 0.1) is 18.2 Å². The van der Waals surface area contributed by atoms with E-state index in [1.807, 2.05) is 0 Å². The lowest BCUT2D eigenvalue weighted by Crippen LogP contribution is -2.45. The van der Waals surface area contributed by atoms with Crippen molar-refractivity contribution in [2.24, 2.45) is 7.05 Å². The van der Waals surface area contributed by atoms with Crippen molar-refractivity contribution in [2.75, 3.05) is 0 Å². The van der Waals surface area contributed by atoms with Crippen LogP contribution in [0.4, 0.5) is 0 Å². The second-order valence-corrected chi connectivity index (χ2v) is 4.68. The number of hydrogen-bond acceptors (Lipinski definition) is 3. The average Bonchev–Trinajstić information content (AvgIpc) is 2.44. The summed E-state index contributed by atoms with van der Waals surface area (Å²) in [5.74, 6) is -1.25. The Hall–Kier alpha value is -1.85. The Labute approximate surface area is 99.6 Å². The third-order valence-corrected chi connectivity index (χ3v) is 2.52. The molecule has 0 saturated heterocycles. The Morgan fingerprint density at radius 3 is 2.53 bits per heavy atom. The number of nitrogens with zero attached hydrogens (tertiary/aromatic N) is 2. The van der Waals surface area contributed by atoms with Gasteiger partial charge in [0.1, 0.15) is 0 Å². The van der Waals surface area contributed by atoms with Gasteiger partial charge in [-0.15, -0.1) is 0 Å². The van der Waals surface area contributed by atoms with Gasteiger partial charge in [0.15, 0.2) is 0 Å². The largest absolute Gasteiger partial charge is 0.481 e. The molecule has 1 heterocycles. The van der Waals surface area contributed by atoms with Crippen molar-refractivity contribution < 1.29 is 14.7 Å². The molecule has 0 saturated carbocycles. The minimum atomic E-state index is -0.946. The van der Waals surface area contributed by atoms with E-state index in [-0.39, 0.29) is 12.3 Å². The maximum absolute atomic E-state index is 11.9. The van der Waals surface area contributed by atoms with Crippen molar-refractivity contribution >= 4 is 11.9 Å². The van der Waals surface area contributed by atoms with Crippen LogP contribution in [0.1, 0.15) is 36.3 Å². The summed E-state index contributed by atoms with van der Waals surface area (Å²) in [7, 11) is 1.74. The van der Waals surface area contributed by atoms with Crippen LogP contribution in [0.15, 0.2) is 6.20 Å². The predicted molar refractivity (Wildman–Crippen MR) is 61.7 cm³/mol. The quantitative estimate of drug-likeness (QED) is 0.810. The lowest BCUT2D eigenvalue weighted by molar-refractivity contribution is -0.138. The zero-order chi connectivity index (χ0) is 13.2. The molecular formula is C11H17N3O3. The summed E-state index contributed by atoms with van der Waals surface area (Å²) >= 11 is 0. The SMILES string of the molecule is Cc1c(C(=O)NC(C)(C)CC(=O)O)cnn1C. The van der Waals surface area contributed by atoms with Crippen LogP contribution >= 0.6 is 0 Å². The number of carbonyl (C=O) groups is 2. The fourth-order valence-electron chi connectivity index (χ4n) is 1.52. The van der Waals surface area contributed by atoms with Crippen molar-refractivity contribution in [1.82, 2.24) is 15.1 Å². The van der Waals surface area contributed by atoms with Crippen molar-refractivity contribution in [3.8, 4) is 0 Å². The molecule has 2 N–H and O–H groups in total. The van der Waals surface area contributed by atoms with Gasteiger partial charge in [-0.1, -0.05) is 0 Å². The lowest BCUT2D eigenvalue weighted by Gasteiger charge is -2.24. The minimum absolute atomic E-state index is 0.127. The summed E-state index contributed by atoms with van der Waals surface area (Å²) < 4.78 is 1.60. The highest BCUT2D eigenvalue weighted by Crippen LogP contribution is 2.12. The summed E-state index contributed by atoms with van der Waals surface area (Å²) in [6.07, 6.45) is 1.35. The number of rotatable bonds is 4. The van der Waals surface area contributed by atoms with Crippen molar-refractivity contribution in [1.29, 1.82) is 0 Å². The first kappa shape index (κ1) is 13.2. The van der Waals surface area contributed by atoms with Crippen molar-refractivity contribution in [2.45, 2.75) is 32.7 Å². The van der Waals surface area contributed by atoms with Gasteiger partial charge in [0.25, 0.3) is 5.91 Å². The molecule has 0 radical (unpaired) electrons. The van der Waals surface area contributed by atoms with Gasteiger partial charge in [-0.05, 0) is 20.8 Å². The standard InChI is InChI=1S/C11H17N3O3/c1-7-8(6-12-14(7)4)10(17)13-11(2,3)5-9(15)16/h6H,5H2,1-4H3,(H,13,17)(H,15,16). The molecule has 0 aliphatic carbocycles. The maximum atomic E-state index is 11.9. The highest BCUT2D eigenvalue weighted by molar-refractivity contribution is 5.95. The average molecular weight is 239 g/mol. The van der Waals surface area contributed by atoms with Crippen LogP contribution in [-0.4, -0.2) is 32.3 Å². The molecule has 0 fully saturated rings. The number of carboxylic acids is 1. The predicted octanol–water partition coefficient (Wildman–Crippen LogP) is 0.712. The van der Waals surface area contributed by atoms with Crippen LogP contribution in [0.2, 0.25) is 0 Å². The third-order valence-electron chi connectivity index (χ3n) is 2.52. The summed E-state index contributed by atoms with van der Waals surface area (Å²) in [4.78, 5) is 22.6. The van der Waals surface area contributed by atoms with Gasteiger partial charge in [0.2, 0.25) is 0 Å². The van der Waals surface area contributed by atoms with Gasteiger partial charge in [-0.3, -0.25) is 14.3 Å². The Morgan fingerprint density at radius 1 is 1.53 bits per heavy atom. The highest BCUT2D eigenvalue weighted by atomic mass is 16.4. The molecule has 0 aromatic carbocycles. The van der Waals surface area contributed by atoms with Crippen LogP contribution in [0.3, 0.4) is 0 Å². The smallest absolute Gasteiger partial charge is 0.305 e. The number of aliphatic carboxylic acids is 1. The maximum Gasteiger partial charge on any atom is 0.305 e. The van der Waals surface area contributed by atoms with E-state index in [1.54, 1.807) is 32.5 Å². The van der Waals surface area contributed by atoms with Crippen molar-refractivity contribution in [3.05, 3.63) is 17.5 Å². The topological polar surface area (TPSA) is 84.2 Å². The summed E-state index contributed by atoms with van der Waals surface area (Å²) in [5.41, 5.74) is 0.421. The molecule has 0 aliphatic heterocycles. The monoisotopic (exact) mass is 239 g/mol. The van der Waals surface area contributed by atoms with E-state index in [0.29, 0.717) is 5.56 Å². The van der Waals surface area contributed by atoms with Crippen LogP contribution in [0.5, 0.6) is 0 Å². The van der Waals surface area contributed by atoms with Crippen LogP contribution in [-0.2, 0) is 11.8 Å².